The third-order valence-corrected chi connectivity index (χ3v) is 7.29. The summed E-state index contributed by atoms with van der Waals surface area (Å²) >= 11 is 3.57. The van der Waals surface area contributed by atoms with Gasteiger partial charge in [0.15, 0.2) is 0 Å². The van der Waals surface area contributed by atoms with Crippen LogP contribution < -0.4 is 4.74 Å². The zero-order valence-corrected chi connectivity index (χ0v) is 11.4. The Labute approximate surface area is 100 Å². The second-order valence-corrected chi connectivity index (χ2v) is 11.3. The molecule has 2 rings (SSSR count). The topological polar surface area (TPSA) is 59.4 Å². The van der Waals surface area contributed by atoms with E-state index in [1.54, 1.807) is 0 Å². The van der Waals surface area contributed by atoms with Gasteiger partial charge in [-0.2, -0.15) is 0 Å². The standard InChI is InChI=1S/C6H5INO3PS2/c7-14(12)6-8-4-3(13-6)2(1-11-4)5(9)10/h2,14H,1H2,(H,9,10). The monoisotopic (exact) mass is 361 g/mol. The van der Waals surface area contributed by atoms with Gasteiger partial charge in [0, 0.05) is 0 Å². The summed E-state index contributed by atoms with van der Waals surface area (Å²) in [6.07, 6.45) is 0. The van der Waals surface area contributed by atoms with Gasteiger partial charge in [0.25, 0.3) is 0 Å². The molecule has 1 aliphatic rings. The average Bonchev–Trinajstić information content (AvgIpc) is 2.58. The SMILES string of the molecule is O=C(O)C1COc2nc([SH](#P)I)sc21. The van der Waals surface area contributed by atoms with Crippen LogP contribution in [-0.4, -0.2) is 22.7 Å². The molecule has 0 bridgehead atoms. The molecular formula is C6H5INO3PS2. The number of aromatic nitrogens is 1. The number of rotatable bonds is 1. The minimum absolute atomic E-state index is 0.204. The van der Waals surface area contributed by atoms with Crippen LogP contribution in [0.4, 0.5) is 0 Å². The number of carboxylic acid groups (broad SMARTS) is 1. The van der Waals surface area contributed by atoms with Gasteiger partial charge in [-0.1, -0.05) is 0 Å². The zero-order valence-electron chi connectivity index (χ0n) is 6.68. The third kappa shape index (κ3) is 1.87. The van der Waals surface area contributed by atoms with Gasteiger partial charge in [0.2, 0.25) is 0 Å². The van der Waals surface area contributed by atoms with Crippen LogP contribution in [0.3, 0.4) is 0 Å². The molecule has 0 radical (unpaired) electrons. The Balaban J connectivity index is 2.41. The molecule has 0 aromatic carbocycles. The van der Waals surface area contributed by atoms with Crippen molar-refractivity contribution in [2.24, 2.45) is 0 Å². The molecule has 1 aromatic rings. The predicted molar refractivity (Wildman–Crippen MR) is 66.2 cm³/mol. The summed E-state index contributed by atoms with van der Waals surface area (Å²) < 4.78 is 6.06. The van der Waals surface area contributed by atoms with E-state index in [-0.39, 0.29) is 6.61 Å². The van der Waals surface area contributed by atoms with E-state index in [9.17, 15) is 4.79 Å². The first-order valence-corrected chi connectivity index (χ1v) is 9.70. The van der Waals surface area contributed by atoms with Crippen LogP contribution in [0.5, 0.6) is 5.88 Å². The summed E-state index contributed by atoms with van der Waals surface area (Å²) in [6, 6.07) is 0. The summed E-state index contributed by atoms with van der Waals surface area (Å²) in [5.74, 6) is -0.914. The van der Waals surface area contributed by atoms with Crippen molar-refractivity contribution >= 4 is 53.4 Å². The van der Waals surface area contributed by atoms with Gasteiger partial charge in [-0.15, -0.1) is 0 Å². The summed E-state index contributed by atoms with van der Waals surface area (Å²) in [5.41, 5.74) is 0. The van der Waals surface area contributed by atoms with E-state index in [0.717, 1.165) is 9.22 Å². The fraction of sp³-hybridized carbons (Fsp3) is 0.333. The van der Waals surface area contributed by atoms with Crippen molar-refractivity contribution in [3.63, 3.8) is 0 Å². The molecule has 8 heteroatoms. The van der Waals surface area contributed by atoms with E-state index >= 15 is 0 Å². The van der Waals surface area contributed by atoms with Crippen molar-refractivity contribution in [3.8, 4) is 5.88 Å². The molecule has 1 aliphatic heterocycles. The molecular weight excluding hydrogens is 356 g/mol. The van der Waals surface area contributed by atoms with Gasteiger partial charge in [0.1, 0.15) is 0 Å². The number of thiazole rings is 1. The van der Waals surface area contributed by atoms with Gasteiger partial charge < -0.3 is 0 Å². The van der Waals surface area contributed by atoms with Gasteiger partial charge in [-0.3, -0.25) is 0 Å². The van der Waals surface area contributed by atoms with Crippen LogP contribution in [-0.2, 0) is 4.79 Å². The molecule has 1 aromatic heterocycles. The van der Waals surface area contributed by atoms with Crippen molar-refractivity contribution in [1.82, 2.24) is 4.98 Å². The van der Waals surface area contributed by atoms with Crippen LogP contribution in [0.2, 0.25) is 0 Å². The second-order valence-electron chi connectivity index (χ2n) is 2.63. The normalized spacial score (nSPS) is 21.3. The molecule has 0 spiro atoms. The predicted octanol–water partition coefficient (Wildman–Crippen LogP) is 2.74. The second kappa shape index (κ2) is 4.11. The maximum atomic E-state index is 10.8. The van der Waals surface area contributed by atoms with Crippen molar-refractivity contribution in [2.75, 3.05) is 6.61 Å². The van der Waals surface area contributed by atoms with Crippen LogP contribution in [0.25, 0.3) is 0 Å². The summed E-state index contributed by atoms with van der Waals surface area (Å²) in [4.78, 5) is 15.8. The van der Waals surface area contributed by atoms with Crippen molar-refractivity contribution in [1.29, 1.82) is 0 Å². The van der Waals surface area contributed by atoms with E-state index < -0.39 is 18.9 Å². The number of carboxylic acids is 1. The Hall–Kier alpha value is 0.410. The number of ether oxygens (including phenoxy) is 1. The maximum absolute atomic E-state index is 10.8. The Morgan fingerprint density at radius 3 is 3.14 bits per heavy atom. The van der Waals surface area contributed by atoms with Gasteiger partial charge in [-0.25, -0.2) is 0 Å². The minimum atomic E-state index is -0.851. The number of thiol groups is 1. The van der Waals surface area contributed by atoms with Crippen LogP contribution >= 0.6 is 47.4 Å². The van der Waals surface area contributed by atoms with Crippen molar-refractivity contribution in [2.45, 2.75) is 10.3 Å². The van der Waals surface area contributed by atoms with Gasteiger partial charge in [-0.05, 0) is 0 Å². The van der Waals surface area contributed by atoms with Crippen LogP contribution in [0.15, 0.2) is 4.34 Å². The molecule has 0 saturated carbocycles. The number of nitrogens with zero attached hydrogens (tertiary/aromatic N) is 1. The summed E-state index contributed by atoms with van der Waals surface area (Å²) in [6.45, 7) is 0.204. The fourth-order valence-corrected chi connectivity index (χ4v) is 4.44. The molecule has 0 aliphatic carbocycles. The van der Waals surface area contributed by atoms with E-state index in [4.69, 9.17) is 9.84 Å². The molecule has 76 valence electrons. The van der Waals surface area contributed by atoms with E-state index in [2.05, 4.69) is 34.0 Å². The molecule has 14 heavy (non-hydrogen) atoms. The molecule has 2 heterocycles. The first-order valence-electron chi connectivity index (χ1n) is 3.60. The Kier molecular flexibility index (Phi) is 3.21. The molecule has 0 amide bonds. The van der Waals surface area contributed by atoms with Crippen LogP contribution in [0.1, 0.15) is 10.8 Å². The summed E-state index contributed by atoms with van der Waals surface area (Å²) in [5, 5.41) is 8.89. The zero-order chi connectivity index (χ0) is 10.3. The number of hydrogen-bond acceptors (Lipinski definition) is 4. The number of halogens is 1. The molecule has 1 N–H and O–H groups in total. The van der Waals surface area contributed by atoms with Crippen LogP contribution in [0, 0.1) is 0 Å². The average molecular weight is 361 g/mol. The van der Waals surface area contributed by atoms with E-state index in [1.807, 2.05) is 0 Å². The molecule has 4 nitrogen and oxygen atoms in total. The molecule has 0 saturated heterocycles. The first-order chi connectivity index (χ1) is 6.59. The van der Waals surface area contributed by atoms with Crippen molar-refractivity contribution < 1.29 is 14.6 Å². The summed E-state index contributed by atoms with van der Waals surface area (Å²) in [7, 11) is 3.69. The first kappa shape index (κ1) is 10.9. The van der Waals surface area contributed by atoms with E-state index in [1.165, 1.54) is 11.3 Å². The Morgan fingerprint density at radius 2 is 2.57 bits per heavy atom. The Morgan fingerprint density at radius 1 is 1.86 bits per heavy atom. The number of aliphatic carboxylic acids is 1. The number of hydrogen-bond donors (Lipinski definition) is 2. The molecule has 0 fully saturated rings. The quantitative estimate of drug-likeness (QED) is 0.459. The number of fused-ring (bicyclic) bond motifs is 1. The molecule has 2 unspecified atom stereocenters. The van der Waals surface area contributed by atoms with Crippen molar-refractivity contribution in [3.05, 3.63) is 4.88 Å². The third-order valence-electron chi connectivity index (χ3n) is 1.77. The van der Waals surface area contributed by atoms with E-state index in [0.29, 0.717) is 5.88 Å². The Bertz CT molecular complexity index is 465. The van der Waals surface area contributed by atoms with Gasteiger partial charge >= 0.3 is 101 Å². The number of carbonyl (C=O) groups is 1. The fourth-order valence-electron chi connectivity index (χ4n) is 1.13. The van der Waals surface area contributed by atoms with Gasteiger partial charge in [0.05, 0.1) is 0 Å². The molecule has 2 atom stereocenters.